The molecule has 0 aliphatic heterocycles. The number of benzene rings is 2. The molecular formula is C25H15Cl2N3O2. The first-order chi connectivity index (χ1) is 15.5. The molecule has 3 aromatic heterocycles. The van der Waals surface area contributed by atoms with E-state index in [1.165, 1.54) is 0 Å². The molecule has 7 heteroatoms. The Bertz CT molecular complexity index is 1460. The number of rotatable bonds is 4. The van der Waals surface area contributed by atoms with Gasteiger partial charge >= 0.3 is 0 Å². The van der Waals surface area contributed by atoms with Crippen LogP contribution in [0.1, 0.15) is 16.2 Å². The Morgan fingerprint density at radius 3 is 2.38 bits per heavy atom. The van der Waals surface area contributed by atoms with Gasteiger partial charge < -0.3 is 10.2 Å². The summed E-state index contributed by atoms with van der Waals surface area (Å²) in [5.41, 5.74) is 10.0. The van der Waals surface area contributed by atoms with Crippen LogP contribution in [0.2, 0.25) is 10.0 Å². The fourth-order valence-corrected chi connectivity index (χ4v) is 3.88. The van der Waals surface area contributed by atoms with Crippen LogP contribution in [0.3, 0.4) is 0 Å². The van der Waals surface area contributed by atoms with Crippen molar-refractivity contribution < 1.29 is 9.21 Å². The SMILES string of the molecule is Nc1c(C(=O)c2ccccn2)oc2nc(-c3ccccc3Cl)c(-c3ccc(Cl)cc3)cc12. The summed E-state index contributed by atoms with van der Waals surface area (Å²) in [6.07, 6.45) is 1.54. The van der Waals surface area contributed by atoms with E-state index < -0.39 is 5.78 Å². The monoisotopic (exact) mass is 459 g/mol. The molecule has 0 aliphatic carbocycles. The highest BCUT2D eigenvalue weighted by Crippen LogP contribution is 2.39. The number of furan rings is 1. The van der Waals surface area contributed by atoms with Gasteiger partial charge in [-0.05, 0) is 42.0 Å². The van der Waals surface area contributed by atoms with Gasteiger partial charge in [-0.1, -0.05) is 59.6 Å². The first-order valence-corrected chi connectivity index (χ1v) is 10.5. The van der Waals surface area contributed by atoms with E-state index in [1.807, 2.05) is 36.4 Å². The number of ketones is 1. The van der Waals surface area contributed by atoms with Crippen molar-refractivity contribution in [3.05, 3.63) is 100 Å². The van der Waals surface area contributed by atoms with Gasteiger partial charge in [-0.3, -0.25) is 9.78 Å². The van der Waals surface area contributed by atoms with Gasteiger partial charge in [0.05, 0.1) is 16.8 Å². The number of fused-ring (bicyclic) bond motifs is 1. The Morgan fingerprint density at radius 1 is 0.906 bits per heavy atom. The van der Waals surface area contributed by atoms with Crippen LogP contribution in [0.25, 0.3) is 33.5 Å². The van der Waals surface area contributed by atoms with Crippen LogP contribution in [-0.4, -0.2) is 15.8 Å². The minimum Gasteiger partial charge on any atom is -0.432 e. The first kappa shape index (κ1) is 20.2. The second-order valence-corrected chi connectivity index (χ2v) is 7.96. The fraction of sp³-hybridized carbons (Fsp3) is 0. The summed E-state index contributed by atoms with van der Waals surface area (Å²) in [6.45, 7) is 0. The first-order valence-electron chi connectivity index (χ1n) is 9.72. The van der Waals surface area contributed by atoms with Crippen LogP contribution in [0.5, 0.6) is 0 Å². The fourth-order valence-electron chi connectivity index (χ4n) is 3.53. The standard InChI is InChI=1S/C25H15Cl2N3O2/c26-15-10-8-14(9-11-15)17-13-18-21(28)24(23(31)20-7-3-4-12-29-20)32-25(18)30-22(17)16-5-1-2-6-19(16)27/h1-13H,28H2. The van der Waals surface area contributed by atoms with Crippen molar-refractivity contribution in [3.63, 3.8) is 0 Å². The predicted molar refractivity (Wildman–Crippen MR) is 127 cm³/mol. The molecule has 0 atom stereocenters. The second kappa shape index (κ2) is 8.11. The quantitative estimate of drug-likeness (QED) is 0.303. The molecule has 3 heterocycles. The number of nitrogens with zero attached hydrogens (tertiary/aromatic N) is 2. The maximum atomic E-state index is 12.9. The Morgan fingerprint density at radius 2 is 1.66 bits per heavy atom. The average Bonchev–Trinajstić information content (AvgIpc) is 3.15. The number of hydrogen-bond donors (Lipinski definition) is 1. The lowest BCUT2D eigenvalue weighted by atomic mass is 9.98. The van der Waals surface area contributed by atoms with Crippen molar-refractivity contribution in [2.75, 3.05) is 5.73 Å². The average molecular weight is 460 g/mol. The summed E-state index contributed by atoms with van der Waals surface area (Å²) < 4.78 is 5.84. The van der Waals surface area contributed by atoms with Gasteiger partial charge in [-0.25, -0.2) is 4.98 Å². The maximum absolute atomic E-state index is 12.9. The molecule has 0 bridgehead atoms. The number of halogens is 2. The van der Waals surface area contributed by atoms with E-state index in [9.17, 15) is 4.79 Å². The number of nitrogen functional groups attached to an aromatic ring is 1. The molecule has 0 saturated heterocycles. The van der Waals surface area contributed by atoms with E-state index in [-0.39, 0.29) is 22.9 Å². The van der Waals surface area contributed by atoms with Crippen molar-refractivity contribution in [2.24, 2.45) is 0 Å². The van der Waals surface area contributed by atoms with Gasteiger partial charge in [0, 0.05) is 27.4 Å². The number of anilines is 1. The molecule has 0 aliphatic rings. The zero-order valence-electron chi connectivity index (χ0n) is 16.5. The molecule has 5 rings (SSSR count). The summed E-state index contributed by atoms with van der Waals surface area (Å²) in [5.74, 6) is -0.405. The molecule has 0 spiro atoms. The van der Waals surface area contributed by atoms with Crippen molar-refractivity contribution in [3.8, 4) is 22.4 Å². The van der Waals surface area contributed by atoms with Crippen LogP contribution in [0.4, 0.5) is 5.69 Å². The van der Waals surface area contributed by atoms with Crippen molar-refractivity contribution in [1.29, 1.82) is 0 Å². The Balaban J connectivity index is 1.76. The highest BCUT2D eigenvalue weighted by Gasteiger charge is 2.24. The molecule has 0 fully saturated rings. The number of carbonyl (C=O) groups excluding carboxylic acids is 1. The van der Waals surface area contributed by atoms with E-state index in [2.05, 4.69) is 4.98 Å². The maximum Gasteiger partial charge on any atom is 0.248 e. The number of pyridine rings is 2. The third kappa shape index (κ3) is 3.51. The van der Waals surface area contributed by atoms with Gasteiger partial charge in [0.15, 0.2) is 0 Å². The summed E-state index contributed by atoms with van der Waals surface area (Å²) in [4.78, 5) is 21.8. The third-order valence-electron chi connectivity index (χ3n) is 5.11. The van der Waals surface area contributed by atoms with Gasteiger partial charge in [0.2, 0.25) is 17.3 Å². The van der Waals surface area contributed by atoms with E-state index in [4.69, 9.17) is 38.3 Å². The number of carbonyl (C=O) groups is 1. The minimum atomic E-state index is -0.409. The van der Waals surface area contributed by atoms with Gasteiger partial charge in [-0.2, -0.15) is 0 Å². The third-order valence-corrected chi connectivity index (χ3v) is 5.69. The van der Waals surface area contributed by atoms with Crippen LogP contribution < -0.4 is 5.73 Å². The number of hydrogen-bond acceptors (Lipinski definition) is 5. The molecule has 0 saturated carbocycles. The van der Waals surface area contributed by atoms with Crippen molar-refractivity contribution in [2.45, 2.75) is 0 Å². The van der Waals surface area contributed by atoms with E-state index >= 15 is 0 Å². The van der Waals surface area contributed by atoms with E-state index in [0.717, 1.165) is 16.7 Å². The highest BCUT2D eigenvalue weighted by atomic mass is 35.5. The number of aromatic nitrogens is 2. The topological polar surface area (TPSA) is 82.0 Å². The molecule has 0 unspecified atom stereocenters. The predicted octanol–water partition coefficient (Wildman–Crippen LogP) is 6.68. The lowest BCUT2D eigenvalue weighted by Gasteiger charge is -2.11. The lowest BCUT2D eigenvalue weighted by molar-refractivity contribution is 0.101. The molecular weight excluding hydrogens is 445 g/mol. The van der Waals surface area contributed by atoms with Gasteiger partial charge in [-0.15, -0.1) is 0 Å². The molecule has 32 heavy (non-hydrogen) atoms. The molecule has 0 amide bonds. The molecule has 5 nitrogen and oxygen atoms in total. The largest absolute Gasteiger partial charge is 0.432 e. The summed E-state index contributed by atoms with van der Waals surface area (Å²) >= 11 is 12.6. The Labute approximate surface area is 193 Å². The van der Waals surface area contributed by atoms with Crippen LogP contribution in [-0.2, 0) is 0 Å². The van der Waals surface area contributed by atoms with Gasteiger partial charge in [0.25, 0.3) is 0 Å². The minimum absolute atomic E-state index is 0.00423. The summed E-state index contributed by atoms with van der Waals surface area (Å²) in [7, 11) is 0. The van der Waals surface area contributed by atoms with Crippen molar-refractivity contribution >= 4 is 45.8 Å². The van der Waals surface area contributed by atoms with Crippen LogP contribution in [0, 0.1) is 0 Å². The summed E-state index contributed by atoms with van der Waals surface area (Å²) in [6, 6.07) is 21.7. The zero-order valence-corrected chi connectivity index (χ0v) is 18.1. The molecule has 2 N–H and O–H groups in total. The Hall–Kier alpha value is -3.67. The molecule has 0 radical (unpaired) electrons. The molecule has 156 valence electrons. The zero-order chi connectivity index (χ0) is 22.2. The Kier molecular flexibility index (Phi) is 5.13. The van der Waals surface area contributed by atoms with Gasteiger partial charge in [0.1, 0.15) is 5.69 Å². The molecule has 5 aromatic rings. The normalized spacial score (nSPS) is 11.1. The van der Waals surface area contributed by atoms with E-state index in [1.54, 1.807) is 42.6 Å². The van der Waals surface area contributed by atoms with Crippen LogP contribution >= 0.6 is 23.2 Å². The number of nitrogens with two attached hydrogens (primary N) is 1. The smallest absolute Gasteiger partial charge is 0.248 e. The van der Waals surface area contributed by atoms with E-state index in [0.29, 0.717) is 21.1 Å². The second-order valence-electron chi connectivity index (χ2n) is 7.11. The summed E-state index contributed by atoms with van der Waals surface area (Å²) in [5, 5.41) is 1.69. The lowest BCUT2D eigenvalue weighted by Crippen LogP contribution is -2.04. The highest BCUT2D eigenvalue weighted by molar-refractivity contribution is 6.33. The van der Waals surface area contributed by atoms with Crippen LogP contribution in [0.15, 0.2) is 83.4 Å². The van der Waals surface area contributed by atoms with Crippen molar-refractivity contribution in [1.82, 2.24) is 9.97 Å². The molecule has 2 aromatic carbocycles.